The van der Waals surface area contributed by atoms with Crippen LogP contribution in [0.4, 0.5) is 14.6 Å². The van der Waals surface area contributed by atoms with E-state index in [1.807, 2.05) is 13.8 Å². The predicted octanol–water partition coefficient (Wildman–Crippen LogP) is 2.37. The highest BCUT2D eigenvalue weighted by Gasteiger charge is 2.20. The minimum atomic E-state index is -0.977. The normalized spacial score (nSPS) is 10.6. The van der Waals surface area contributed by atoms with Crippen molar-refractivity contribution in [3.8, 4) is 23.3 Å². The highest BCUT2D eigenvalue weighted by Crippen LogP contribution is 2.31. The first-order valence-corrected chi connectivity index (χ1v) is 8.83. The van der Waals surface area contributed by atoms with Crippen molar-refractivity contribution in [2.45, 2.75) is 19.9 Å². The Kier molecular flexibility index (Phi) is 5.73. The average Bonchev–Trinajstić information content (AvgIpc) is 3.12. The minimum Gasteiger partial charge on any atom is -0.493 e. The van der Waals surface area contributed by atoms with Gasteiger partial charge >= 0.3 is 0 Å². The molecule has 0 saturated carbocycles. The second-order valence-electron chi connectivity index (χ2n) is 6.54. The van der Waals surface area contributed by atoms with Gasteiger partial charge in [0.1, 0.15) is 22.6 Å². The zero-order valence-corrected chi connectivity index (χ0v) is 16.7. The van der Waals surface area contributed by atoms with Crippen LogP contribution in [-0.4, -0.2) is 41.3 Å². The lowest BCUT2D eigenvalue weighted by atomic mass is 10.1. The molecule has 0 aliphatic rings. The number of hydrogen-bond acceptors (Lipinski definition) is 6. The summed E-state index contributed by atoms with van der Waals surface area (Å²) in [5, 5.41) is 9.74. The second kappa shape index (κ2) is 8.24. The van der Waals surface area contributed by atoms with E-state index in [0.29, 0.717) is 0 Å². The quantitative estimate of drug-likeness (QED) is 0.564. The molecule has 0 saturated heterocycles. The number of methoxy groups -OCH3 is 2. The van der Waals surface area contributed by atoms with Crippen molar-refractivity contribution in [3.63, 3.8) is 0 Å². The Morgan fingerprint density at radius 2 is 1.83 bits per heavy atom. The van der Waals surface area contributed by atoms with Gasteiger partial charge in [0, 0.05) is 18.3 Å². The van der Waals surface area contributed by atoms with Crippen LogP contribution in [0.3, 0.4) is 0 Å². The largest absolute Gasteiger partial charge is 0.493 e. The van der Waals surface area contributed by atoms with Gasteiger partial charge in [-0.05, 0) is 19.8 Å². The Labute approximate surface area is 170 Å². The average molecular weight is 415 g/mol. The van der Waals surface area contributed by atoms with E-state index >= 15 is 0 Å². The number of hydrogen-bond donors (Lipinski definition) is 3. The molecule has 4 N–H and O–H groups in total. The molecule has 8 nitrogen and oxygen atoms in total. The highest BCUT2D eigenvalue weighted by atomic mass is 19.1. The van der Waals surface area contributed by atoms with Crippen LogP contribution < -0.4 is 20.5 Å². The van der Waals surface area contributed by atoms with E-state index in [0.717, 1.165) is 6.07 Å². The molecule has 0 radical (unpaired) electrons. The number of H-pyrrole nitrogens is 1. The first kappa shape index (κ1) is 20.9. The van der Waals surface area contributed by atoms with Crippen LogP contribution in [0.2, 0.25) is 0 Å². The third-order valence-corrected chi connectivity index (χ3v) is 4.16. The standard InChI is InChI=1S/C20H19F2N5O3/c1-9(2)25-20(28)11-8-24-19(23)15-12(26-27-18(11)15)6-5-10-16(21)13(29-3)7-14(30-4)17(10)22/h7-9H,1-4H3,(H2,23,24)(H,25,28)(H,26,27). The minimum absolute atomic E-state index is 0.0633. The van der Waals surface area contributed by atoms with E-state index in [1.54, 1.807) is 0 Å². The number of halogens is 2. The number of anilines is 1. The Morgan fingerprint density at radius 3 is 2.40 bits per heavy atom. The van der Waals surface area contributed by atoms with E-state index in [-0.39, 0.29) is 51.4 Å². The molecule has 0 unspecified atom stereocenters. The summed E-state index contributed by atoms with van der Waals surface area (Å²) in [6.07, 6.45) is 1.31. The van der Waals surface area contributed by atoms with Crippen LogP contribution in [0.15, 0.2) is 12.3 Å². The molecule has 10 heteroatoms. The lowest BCUT2D eigenvalue weighted by Crippen LogP contribution is -2.30. The van der Waals surface area contributed by atoms with Crippen LogP contribution in [0, 0.1) is 23.5 Å². The molecule has 0 aliphatic heterocycles. The maximum Gasteiger partial charge on any atom is 0.255 e. The third kappa shape index (κ3) is 3.69. The van der Waals surface area contributed by atoms with Gasteiger partial charge in [-0.25, -0.2) is 13.8 Å². The van der Waals surface area contributed by atoms with Gasteiger partial charge in [-0.1, -0.05) is 5.92 Å². The van der Waals surface area contributed by atoms with Gasteiger partial charge in [0.15, 0.2) is 23.1 Å². The summed E-state index contributed by atoms with van der Waals surface area (Å²) in [5.74, 6) is 2.30. The van der Waals surface area contributed by atoms with Crippen molar-refractivity contribution in [2.24, 2.45) is 0 Å². The van der Waals surface area contributed by atoms with Gasteiger partial charge in [-0.2, -0.15) is 5.10 Å². The van der Waals surface area contributed by atoms with Crippen LogP contribution in [0.25, 0.3) is 10.9 Å². The van der Waals surface area contributed by atoms with E-state index in [2.05, 4.69) is 32.3 Å². The van der Waals surface area contributed by atoms with E-state index in [1.165, 1.54) is 20.4 Å². The molecule has 0 fully saturated rings. The Morgan fingerprint density at radius 1 is 1.20 bits per heavy atom. The molecule has 0 aliphatic carbocycles. The maximum absolute atomic E-state index is 14.5. The van der Waals surface area contributed by atoms with E-state index < -0.39 is 17.2 Å². The van der Waals surface area contributed by atoms with Crippen LogP contribution >= 0.6 is 0 Å². The molecular weight excluding hydrogens is 396 g/mol. The predicted molar refractivity (Wildman–Crippen MR) is 106 cm³/mol. The Balaban J connectivity index is 2.14. The third-order valence-electron chi connectivity index (χ3n) is 4.16. The summed E-state index contributed by atoms with van der Waals surface area (Å²) >= 11 is 0. The number of benzene rings is 1. The number of nitrogens with zero attached hydrogens (tertiary/aromatic N) is 2. The van der Waals surface area contributed by atoms with Crippen molar-refractivity contribution in [2.75, 3.05) is 20.0 Å². The van der Waals surface area contributed by atoms with E-state index in [4.69, 9.17) is 15.2 Å². The molecule has 30 heavy (non-hydrogen) atoms. The fraction of sp³-hybridized carbons (Fsp3) is 0.250. The van der Waals surface area contributed by atoms with Gasteiger partial charge < -0.3 is 20.5 Å². The van der Waals surface area contributed by atoms with Gasteiger partial charge in [-0.15, -0.1) is 0 Å². The fourth-order valence-electron chi connectivity index (χ4n) is 2.76. The molecule has 0 spiro atoms. The molecule has 3 rings (SSSR count). The summed E-state index contributed by atoms with van der Waals surface area (Å²) < 4.78 is 38.8. The molecular formula is C20H19F2N5O3. The van der Waals surface area contributed by atoms with Crippen molar-refractivity contribution in [1.82, 2.24) is 20.5 Å². The molecule has 2 aromatic heterocycles. The SMILES string of the molecule is COc1cc(OC)c(F)c(C#Cc2[nH]nc3c(C(=O)NC(C)C)cnc(N)c23)c1F. The Bertz CT molecular complexity index is 1170. The van der Waals surface area contributed by atoms with Crippen molar-refractivity contribution in [3.05, 3.63) is 40.7 Å². The van der Waals surface area contributed by atoms with Gasteiger partial charge in [0.05, 0.1) is 25.2 Å². The first-order valence-electron chi connectivity index (χ1n) is 8.83. The summed E-state index contributed by atoms with van der Waals surface area (Å²) in [5.41, 5.74) is 5.97. The summed E-state index contributed by atoms with van der Waals surface area (Å²) in [6, 6.07) is 0.987. The van der Waals surface area contributed by atoms with Crippen molar-refractivity contribution in [1.29, 1.82) is 0 Å². The van der Waals surface area contributed by atoms with Gasteiger partial charge in [-0.3, -0.25) is 9.89 Å². The number of carbonyl (C=O) groups excluding carboxylic acids is 1. The van der Waals surface area contributed by atoms with Crippen LogP contribution in [0.5, 0.6) is 11.5 Å². The number of nitrogens with two attached hydrogens (primary N) is 1. The number of rotatable bonds is 4. The number of nitrogens with one attached hydrogen (secondary N) is 2. The summed E-state index contributed by atoms with van der Waals surface area (Å²) in [6.45, 7) is 3.62. The topological polar surface area (TPSA) is 115 Å². The maximum atomic E-state index is 14.5. The number of aromatic amines is 1. The molecule has 0 atom stereocenters. The number of aromatic nitrogens is 3. The molecule has 1 aromatic carbocycles. The second-order valence-corrected chi connectivity index (χ2v) is 6.54. The molecule has 156 valence electrons. The number of carbonyl (C=O) groups is 1. The van der Waals surface area contributed by atoms with Crippen LogP contribution in [-0.2, 0) is 0 Å². The number of pyridine rings is 1. The van der Waals surface area contributed by atoms with Crippen molar-refractivity contribution < 1.29 is 23.0 Å². The first-order chi connectivity index (χ1) is 14.3. The number of amides is 1. The van der Waals surface area contributed by atoms with Gasteiger partial charge in [0.25, 0.3) is 5.91 Å². The number of ether oxygens (including phenoxy) is 2. The molecule has 3 aromatic rings. The monoisotopic (exact) mass is 415 g/mol. The molecule has 2 heterocycles. The summed E-state index contributed by atoms with van der Waals surface area (Å²) in [7, 11) is 2.48. The lowest BCUT2D eigenvalue weighted by molar-refractivity contribution is 0.0944. The molecule has 0 bridgehead atoms. The highest BCUT2D eigenvalue weighted by molar-refractivity contribution is 6.08. The van der Waals surface area contributed by atoms with Crippen LogP contribution in [0.1, 0.15) is 35.5 Å². The Hall–Kier alpha value is -3.87. The fourth-order valence-corrected chi connectivity index (χ4v) is 2.76. The van der Waals surface area contributed by atoms with Crippen molar-refractivity contribution >= 4 is 22.6 Å². The summed E-state index contributed by atoms with van der Waals surface area (Å²) in [4.78, 5) is 16.4. The number of fused-ring (bicyclic) bond motifs is 1. The zero-order chi connectivity index (χ0) is 22.0. The number of nitrogen functional groups attached to an aromatic ring is 1. The molecule has 1 amide bonds. The smallest absolute Gasteiger partial charge is 0.255 e. The lowest BCUT2D eigenvalue weighted by Gasteiger charge is -2.09. The van der Waals surface area contributed by atoms with Gasteiger partial charge in [0.2, 0.25) is 0 Å². The van der Waals surface area contributed by atoms with E-state index in [9.17, 15) is 13.6 Å². The zero-order valence-electron chi connectivity index (χ0n) is 16.7.